The summed E-state index contributed by atoms with van der Waals surface area (Å²) in [6.07, 6.45) is 9.45. The third-order valence-corrected chi connectivity index (χ3v) is 11.4. The second kappa shape index (κ2) is 19.1. The summed E-state index contributed by atoms with van der Waals surface area (Å²) in [7, 11) is 3.31. The molecule has 0 rings (SSSR count). The first kappa shape index (κ1) is 32.8. The zero-order chi connectivity index (χ0) is 27.4. The molecular weight excluding hydrogens is 587 g/mol. The van der Waals surface area contributed by atoms with E-state index < -0.39 is 55.4 Å². The van der Waals surface area contributed by atoms with Crippen molar-refractivity contribution in [3.63, 3.8) is 0 Å². The molecule has 0 atom stereocenters. The Kier molecular flexibility index (Phi) is 17.4. The Labute approximate surface area is 215 Å². The Bertz CT molecular complexity index is 761. The number of esters is 3. The first-order chi connectivity index (χ1) is 17.1. The Balaban J connectivity index is 5.97. The summed E-state index contributed by atoms with van der Waals surface area (Å²) >= 11 is -5.42. The fraction of sp³-hybridized carbons (Fsp3) is 0.478. The topological polar surface area (TPSA) is 158 Å². The van der Waals surface area contributed by atoms with E-state index in [4.69, 9.17) is 9.22 Å². The van der Waals surface area contributed by atoms with Crippen molar-refractivity contribution in [2.24, 2.45) is 0 Å². The maximum absolute atomic E-state index is 12.4. The fourth-order valence-electron chi connectivity index (χ4n) is 2.51. The Morgan fingerprint density at radius 1 is 0.500 bits per heavy atom. The van der Waals surface area contributed by atoms with Crippen LogP contribution >= 0.6 is 0 Å². The van der Waals surface area contributed by atoms with Crippen LogP contribution in [-0.2, 0) is 52.2 Å². The standard InChI is InChI=1S/C8H17.3C5H6O4.Sn/c1-3-5-7-8-6-4-2;3*1-9-5(8)3-2-4(6)7;/h1,3-8H2,2H3;3*2-3H,1H3,(H,6,7);/q;;;;+3/p-3/b;3*3-2-;. The van der Waals surface area contributed by atoms with Crippen LogP contribution in [0.1, 0.15) is 45.4 Å². The van der Waals surface area contributed by atoms with Gasteiger partial charge in [-0.25, -0.2) is 0 Å². The van der Waals surface area contributed by atoms with Crippen molar-refractivity contribution >= 4 is 55.4 Å². The molecule has 0 unspecified atom stereocenters. The van der Waals surface area contributed by atoms with Gasteiger partial charge < -0.3 is 0 Å². The molecule has 0 heterocycles. The van der Waals surface area contributed by atoms with Gasteiger partial charge in [-0.15, -0.1) is 0 Å². The van der Waals surface area contributed by atoms with Crippen molar-refractivity contribution in [2.45, 2.75) is 49.9 Å². The van der Waals surface area contributed by atoms with Crippen LogP contribution in [-0.4, -0.2) is 76.8 Å². The maximum atomic E-state index is 12.4. The molecule has 0 aromatic heterocycles. The molecule has 0 spiro atoms. The summed E-state index contributed by atoms with van der Waals surface area (Å²) in [6, 6.07) is 0. The van der Waals surface area contributed by atoms with Crippen molar-refractivity contribution in [2.75, 3.05) is 21.3 Å². The summed E-state index contributed by atoms with van der Waals surface area (Å²) in [5.41, 5.74) is 0. The second-order valence-corrected chi connectivity index (χ2v) is 14.1. The van der Waals surface area contributed by atoms with E-state index in [1.54, 1.807) is 0 Å². The van der Waals surface area contributed by atoms with Gasteiger partial charge in [-0.1, -0.05) is 0 Å². The number of carbonyl (C=O) groups is 6. The first-order valence-electron chi connectivity index (χ1n) is 11.1. The van der Waals surface area contributed by atoms with Gasteiger partial charge in [0.05, 0.1) is 0 Å². The molecule has 36 heavy (non-hydrogen) atoms. The third kappa shape index (κ3) is 15.7. The normalized spacial score (nSPS) is 11.3. The fourth-order valence-corrected chi connectivity index (χ4v) is 8.90. The molecule has 0 radical (unpaired) electrons. The summed E-state index contributed by atoms with van der Waals surface area (Å²) < 4.78 is 29.2. The molecule has 0 aliphatic rings. The van der Waals surface area contributed by atoms with Crippen LogP contribution in [0.3, 0.4) is 0 Å². The number of unbranched alkanes of at least 4 members (excludes halogenated alkanes) is 5. The average molecular weight is 619 g/mol. The summed E-state index contributed by atoms with van der Waals surface area (Å²) in [5, 5.41) is 0. The van der Waals surface area contributed by atoms with Crippen molar-refractivity contribution < 1.29 is 52.2 Å². The molecule has 0 saturated heterocycles. The minimum atomic E-state index is -5.42. The van der Waals surface area contributed by atoms with E-state index in [1.165, 1.54) is 0 Å². The molecular formula is C23H32O12Sn. The summed E-state index contributed by atoms with van der Waals surface area (Å²) in [6.45, 7) is 2.06. The van der Waals surface area contributed by atoms with Crippen LogP contribution in [0.25, 0.3) is 0 Å². The van der Waals surface area contributed by atoms with Crippen molar-refractivity contribution in [1.29, 1.82) is 0 Å². The predicted molar refractivity (Wildman–Crippen MR) is 126 cm³/mol. The van der Waals surface area contributed by atoms with Gasteiger partial charge in [0.15, 0.2) is 0 Å². The molecule has 0 saturated carbocycles. The van der Waals surface area contributed by atoms with Gasteiger partial charge in [-0.3, -0.25) is 0 Å². The van der Waals surface area contributed by atoms with E-state index in [1.807, 2.05) is 0 Å². The molecule has 0 aromatic carbocycles. The number of ether oxygens (including phenoxy) is 3. The second-order valence-electron chi connectivity index (χ2n) is 7.03. The van der Waals surface area contributed by atoms with Gasteiger partial charge in [0.1, 0.15) is 0 Å². The number of carbonyl (C=O) groups excluding carboxylic acids is 6. The van der Waals surface area contributed by atoms with Gasteiger partial charge in [0, 0.05) is 0 Å². The molecule has 12 nitrogen and oxygen atoms in total. The molecule has 0 aliphatic carbocycles. The first-order valence-corrected chi connectivity index (χ1v) is 16.6. The van der Waals surface area contributed by atoms with E-state index >= 15 is 0 Å². The van der Waals surface area contributed by atoms with Gasteiger partial charge >= 0.3 is 215 Å². The van der Waals surface area contributed by atoms with Gasteiger partial charge in [0.2, 0.25) is 0 Å². The van der Waals surface area contributed by atoms with Crippen molar-refractivity contribution in [3.8, 4) is 0 Å². The quantitative estimate of drug-likeness (QED) is 0.0816. The van der Waals surface area contributed by atoms with E-state index in [2.05, 4.69) is 21.1 Å². The minimum absolute atomic E-state index is 0.0752. The molecule has 13 heteroatoms. The monoisotopic (exact) mass is 620 g/mol. The number of methoxy groups -OCH3 is 3. The van der Waals surface area contributed by atoms with Crippen molar-refractivity contribution in [1.82, 2.24) is 0 Å². The molecule has 0 aromatic rings. The number of hydrogen-bond acceptors (Lipinski definition) is 12. The van der Waals surface area contributed by atoms with Crippen LogP contribution in [0.4, 0.5) is 0 Å². The van der Waals surface area contributed by atoms with E-state index in [0.29, 0.717) is 12.8 Å². The molecule has 0 N–H and O–H groups in total. The number of rotatable bonds is 16. The van der Waals surface area contributed by atoms with E-state index in [0.717, 1.165) is 83.5 Å². The van der Waals surface area contributed by atoms with Crippen LogP contribution in [0.5, 0.6) is 0 Å². The van der Waals surface area contributed by atoms with Crippen LogP contribution in [0, 0.1) is 0 Å². The molecule has 0 fully saturated rings. The zero-order valence-electron chi connectivity index (χ0n) is 20.8. The molecule has 0 amide bonds. The Morgan fingerprint density at radius 2 is 0.806 bits per heavy atom. The van der Waals surface area contributed by atoms with Crippen LogP contribution in [0.2, 0.25) is 4.44 Å². The zero-order valence-corrected chi connectivity index (χ0v) is 23.7. The van der Waals surface area contributed by atoms with Crippen LogP contribution in [0.15, 0.2) is 36.5 Å². The van der Waals surface area contributed by atoms with Gasteiger partial charge in [0.25, 0.3) is 0 Å². The Hall–Kier alpha value is -3.16. The van der Waals surface area contributed by atoms with E-state index in [-0.39, 0.29) is 4.44 Å². The third-order valence-electron chi connectivity index (χ3n) is 4.27. The molecule has 200 valence electrons. The van der Waals surface area contributed by atoms with Gasteiger partial charge in [-0.05, 0) is 0 Å². The summed E-state index contributed by atoms with van der Waals surface area (Å²) in [4.78, 5) is 71.2. The van der Waals surface area contributed by atoms with Crippen molar-refractivity contribution in [3.05, 3.63) is 36.5 Å². The SMILES string of the molecule is CCCCCCC[CH2][Sn]([O]C(=O)/C=C\C(=O)OC)([O]C(=O)/C=C\C(=O)OC)[O]C(=O)/C=C\C(=O)OC. The number of hydrogen-bond donors (Lipinski definition) is 0. The predicted octanol–water partition coefficient (Wildman–Crippen LogP) is 2.10. The van der Waals surface area contributed by atoms with Gasteiger partial charge in [-0.2, -0.15) is 0 Å². The average Bonchev–Trinajstić information content (AvgIpc) is 2.86. The molecule has 0 aliphatic heterocycles. The Morgan fingerprint density at radius 3 is 1.14 bits per heavy atom. The summed E-state index contributed by atoms with van der Waals surface area (Å²) in [5.74, 6) is -5.89. The van der Waals surface area contributed by atoms with Crippen LogP contribution < -0.4 is 0 Å². The van der Waals surface area contributed by atoms with E-state index in [9.17, 15) is 28.8 Å². The molecule has 0 bridgehead atoms.